The summed E-state index contributed by atoms with van der Waals surface area (Å²) in [7, 11) is 1.68. The largest absolute Gasteiger partial charge is 0.378 e. The van der Waals surface area contributed by atoms with Gasteiger partial charge in [-0.15, -0.1) is 0 Å². The maximum Gasteiger partial charge on any atom is 0.229 e. The number of rotatable bonds is 5. The van der Waals surface area contributed by atoms with Crippen LogP contribution in [0.3, 0.4) is 0 Å². The summed E-state index contributed by atoms with van der Waals surface area (Å²) in [5.41, 5.74) is 2.33. The molecule has 1 amide bonds. The van der Waals surface area contributed by atoms with E-state index in [4.69, 9.17) is 4.74 Å². The summed E-state index contributed by atoms with van der Waals surface area (Å²) in [5, 5.41) is 6.52. The number of aliphatic imine (C=N–C) groups is 1. The number of anilines is 2. The zero-order valence-corrected chi connectivity index (χ0v) is 17.7. The van der Waals surface area contributed by atoms with Crippen LogP contribution in [0.15, 0.2) is 53.5 Å². The average Bonchev–Trinajstić information content (AvgIpc) is 3.17. The number of guanidine groups is 1. The molecule has 1 atom stereocenters. The molecule has 0 aliphatic carbocycles. The van der Waals surface area contributed by atoms with Crippen molar-refractivity contribution in [3.05, 3.63) is 59.9 Å². The number of nitrogens with one attached hydrogen (secondary N) is 2. The van der Waals surface area contributed by atoms with Crippen molar-refractivity contribution in [3.8, 4) is 0 Å². The van der Waals surface area contributed by atoms with E-state index in [1.165, 1.54) is 0 Å². The maximum absolute atomic E-state index is 14.6. The molecule has 2 aliphatic heterocycles. The molecular weight excluding hydrogens is 397 g/mol. The molecule has 164 valence electrons. The van der Waals surface area contributed by atoms with E-state index in [1.807, 2.05) is 47.4 Å². The summed E-state index contributed by atoms with van der Waals surface area (Å²) >= 11 is 0. The fourth-order valence-corrected chi connectivity index (χ4v) is 3.96. The third-order valence-corrected chi connectivity index (χ3v) is 5.58. The number of nitrogens with zero attached hydrogens (tertiary/aromatic N) is 3. The predicted molar refractivity (Wildman–Crippen MR) is 120 cm³/mol. The van der Waals surface area contributed by atoms with Crippen molar-refractivity contribution in [3.63, 3.8) is 0 Å². The molecule has 0 aromatic heterocycles. The van der Waals surface area contributed by atoms with E-state index >= 15 is 0 Å². The van der Waals surface area contributed by atoms with Crippen LogP contribution in [0.4, 0.5) is 15.8 Å². The number of morpholine rings is 1. The number of carbonyl (C=O) groups excluding carboxylic acids is 1. The second kappa shape index (κ2) is 9.78. The first kappa shape index (κ1) is 21.1. The standard InChI is InChI=1S/C23H28FN5O2/c1-25-23(27-18-14-22(30)29(16-18)19-5-3-2-4-6-19)26-15-17-7-8-21(20(24)13-17)28-9-11-31-12-10-28/h2-8,13,18H,9-12,14-16H2,1H3,(H2,25,26,27). The molecule has 4 rings (SSSR count). The molecule has 0 radical (unpaired) electrons. The molecule has 2 aromatic rings. The summed E-state index contributed by atoms with van der Waals surface area (Å²) in [4.78, 5) is 20.4. The minimum atomic E-state index is -0.232. The van der Waals surface area contributed by atoms with Crippen LogP contribution in [0.1, 0.15) is 12.0 Å². The SMILES string of the molecule is CN=C(NCc1ccc(N2CCOCC2)c(F)c1)NC1CC(=O)N(c2ccccc2)C1. The lowest BCUT2D eigenvalue weighted by Gasteiger charge is -2.29. The van der Waals surface area contributed by atoms with Gasteiger partial charge < -0.3 is 25.2 Å². The van der Waals surface area contributed by atoms with Gasteiger partial charge in [-0.2, -0.15) is 0 Å². The van der Waals surface area contributed by atoms with Crippen molar-refractivity contribution in [2.45, 2.75) is 19.0 Å². The minimum Gasteiger partial charge on any atom is -0.378 e. The summed E-state index contributed by atoms with van der Waals surface area (Å²) in [5.74, 6) is 0.439. The Balaban J connectivity index is 1.32. The highest BCUT2D eigenvalue weighted by molar-refractivity contribution is 5.97. The lowest BCUT2D eigenvalue weighted by Crippen LogP contribution is -2.44. The van der Waals surface area contributed by atoms with E-state index in [0.717, 1.165) is 11.3 Å². The van der Waals surface area contributed by atoms with Crippen molar-refractivity contribution in [1.82, 2.24) is 10.6 Å². The number of para-hydroxylation sites is 1. The van der Waals surface area contributed by atoms with E-state index in [2.05, 4.69) is 15.6 Å². The van der Waals surface area contributed by atoms with E-state index in [1.54, 1.807) is 18.0 Å². The Kier molecular flexibility index (Phi) is 6.66. The van der Waals surface area contributed by atoms with Crippen LogP contribution in [-0.2, 0) is 16.1 Å². The topological polar surface area (TPSA) is 69.2 Å². The Morgan fingerprint density at radius 2 is 1.97 bits per heavy atom. The summed E-state index contributed by atoms with van der Waals surface area (Å²) in [6.07, 6.45) is 0.401. The van der Waals surface area contributed by atoms with Crippen molar-refractivity contribution >= 4 is 23.2 Å². The molecule has 2 aromatic carbocycles. The van der Waals surface area contributed by atoms with Crippen molar-refractivity contribution in [2.75, 3.05) is 49.7 Å². The van der Waals surface area contributed by atoms with Gasteiger partial charge >= 0.3 is 0 Å². The number of halogens is 1. The molecule has 7 nitrogen and oxygen atoms in total. The van der Waals surface area contributed by atoms with Crippen LogP contribution in [0.2, 0.25) is 0 Å². The zero-order chi connectivity index (χ0) is 21.6. The van der Waals surface area contributed by atoms with Crippen molar-refractivity contribution in [1.29, 1.82) is 0 Å². The number of ether oxygens (including phenoxy) is 1. The Morgan fingerprint density at radius 3 is 2.68 bits per heavy atom. The van der Waals surface area contributed by atoms with Crippen LogP contribution in [-0.4, -0.2) is 57.8 Å². The third kappa shape index (κ3) is 5.14. The van der Waals surface area contributed by atoms with Gasteiger partial charge in [-0.3, -0.25) is 9.79 Å². The van der Waals surface area contributed by atoms with Gasteiger partial charge in [-0.05, 0) is 29.8 Å². The molecule has 31 heavy (non-hydrogen) atoms. The minimum absolute atomic E-state index is 0.0423. The fraction of sp³-hybridized carbons (Fsp3) is 0.391. The molecule has 0 saturated carbocycles. The number of carbonyl (C=O) groups is 1. The molecule has 2 aliphatic rings. The summed E-state index contributed by atoms with van der Waals surface area (Å²) in [6.45, 7) is 3.65. The first-order valence-corrected chi connectivity index (χ1v) is 10.6. The molecule has 1 unspecified atom stereocenters. The number of hydrogen-bond acceptors (Lipinski definition) is 4. The summed E-state index contributed by atoms with van der Waals surface area (Å²) < 4.78 is 20.0. The normalized spacial score (nSPS) is 19.6. The first-order chi connectivity index (χ1) is 15.1. The molecule has 2 fully saturated rings. The average molecular weight is 426 g/mol. The second-order valence-electron chi connectivity index (χ2n) is 7.70. The molecule has 2 N–H and O–H groups in total. The molecular formula is C23H28FN5O2. The van der Waals surface area contributed by atoms with Crippen LogP contribution in [0.25, 0.3) is 0 Å². The Labute approximate surface area is 181 Å². The summed E-state index contributed by atoms with van der Waals surface area (Å²) in [6, 6.07) is 14.9. The highest BCUT2D eigenvalue weighted by Crippen LogP contribution is 2.22. The molecule has 0 spiro atoms. The van der Waals surface area contributed by atoms with Crippen LogP contribution < -0.4 is 20.4 Å². The van der Waals surface area contributed by atoms with Crippen LogP contribution >= 0.6 is 0 Å². The number of hydrogen-bond donors (Lipinski definition) is 2. The molecule has 2 saturated heterocycles. The van der Waals surface area contributed by atoms with Gasteiger partial charge in [0.2, 0.25) is 5.91 Å². The monoisotopic (exact) mass is 425 g/mol. The van der Waals surface area contributed by atoms with Crippen LogP contribution in [0.5, 0.6) is 0 Å². The van der Waals surface area contributed by atoms with Gasteiger partial charge in [0.05, 0.1) is 24.9 Å². The molecule has 2 heterocycles. The predicted octanol–water partition coefficient (Wildman–Crippen LogP) is 2.13. The Bertz CT molecular complexity index is 931. The lowest BCUT2D eigenvalue weighted by atomic mass is 10.1. The Hall–Kier alpha value is -3.13. The van der Waals surface area contributed by atoms with Crippen LogP contribution in [0, 0.1) is 5.82 Å². The van der Waals surface area contributed by atoms with E-state index in [0.29, 0.717) is 57.5 Å². The van der Waals surface area contributed by atoms with Gasteiger partial charge in [0.15, 0.2) is 5.96 Å². The highest BCUT2D eigenvalue weighted by atomic mass is 19.1. The van der Waals surface area contributed by atoms with Crippen molar-refractivity contribution in [2.24, 2.45) is 4.99 Å². The third-order valence-electron chi connectivity index (χ3n) is 5.58. The van der Waals surface area contributed by atoms with Gasteiger partial charge in [0.1, 0.15) is 5.82 Å². The van der Waals surface area contributed by atoms with Gasteiger partial charge in [0, 0.05) is 45.3 Å². The zero-order valence-electron chi connectivity index (χ0n) is 17.7. The number of benzene rings is 2. The quantitative estimate of drug-likeness (QED) is 0.568. The highest BCUT2D eigenvalue weighted by Gasteiger charge is 2.31. The van der Waals surface area contributed by atoms with E-state index < -0.39 is 0 Å². The fourth-order valence-electron chi connectivity index (χ4n) is 3.96. The maximum atomic E-state index is 14.6. The number of amides is 1. The van der Waals surface area contributed by atoms with Gasteiger partial charge in [0.25, 0.3) is 0 Å². The van der Waals surface area contributed by atoms with Crippen molar-refractivity contribution < 1.29 is 13.9 Å². The second-order valence-corrected chi connectivity index (χ2v) is 7.70. The molecule has 0 bridgehead atoms. The van der Waals surface area contributed by atoms with Gasteiger partial charge in [-0.1, -0.05) is 24.3 Å². The lowest BCUT2D eigenvalue weighted by molar-refractivity contribution is -0.117. The smallest absolute Gasteiger partial charge is 0.229 e. The first-order valence-electron chi connectivity index (χ1n) is 10.6. The van der Waals surface area contributed by atoms with E-state index in [9.17, 15) is 9.18 Å². The van der Waals surface area contributed by atoms with E-state index in [-0.39, 0.29) is 17.8 Å². The van der Waals surface area contributed by atoms with Gasteiger partial charge in [-0.25, -0.2) is 4.39 Å². The molecule has 8 heteroatoms. The Morgan fingerprint density at radius 1 is 1.19 bits per heavy atom.